The molecule has 2 fully saturated rings. The van der Waals surface area contributed by atoms with Crippen LogP contribution in [0, 0.1) is 17.8 Å². The van der Waals surface area contributed by atoms with Crippen molar-refractivity contribution < 1.29 is 14.7 Å². The molecule has 0 spiro atoms. The summed E-state index contributed by atoms with van der Waals surface area (Å²) in [6.07, 6.45) is 3.90. The second-order valence-electron chi connectivity index (χ2n) is 6.59. The third-order valence-electron chi connectivity index (χ3n) is 5.65. The van der Waals surface area contributed by atoms with Crippen LogP contribution >= 0.6 is 0 Å². The van der Waals surface area contributed by atoms with Gasteiger partial charge in [0.1, 0.15) is 0 Å². The largest absolute Gasteiger partial charge is 0.481 e. The number of aliphatic carboxylic acids is 1. The van der Waals surface area contributed by atoms with Gasteiger partial charge in [-0.1, -0.05) is 18.2 Å². The van der Waals surface area contributed by atoms with Gasteiger partial charge in [0, 0.05) is 18.2 Å². The minimum atomic E-state index is -0.723. The van der Waals surface area contributed by atoms with Crippen molar-refractivity contribution >= 4 is 11.9 Å². The van der Waals surface area contributed by atoms with Gasteiger partial charge in [-0.3, -0.25) is 9.59 Å². The molecular weight excluding hydrogens is 266 g/mol. The van der Waals surface area contributed by atoms with E-state index < -0.39 is 5.97 Å². The van der Waals surface area contributed by atoms with Gasteiger partial charge in [-0.15, -0.1) is 0 Å². The molecule has 0 saturated heterocycles. The van der Waals surface area contributed by atoms with Gasteiger partial charge >= 0.3 is 5.97 Å². The van der Waals surface area contributed by atoms with E-state index in [4.69, 9.17) is 0 Å². The lowest BCUT2D eigenvalue weighted by molar-refractivity contribution is -0.145. The van der Waals surface area contributed by atoms with Crippen molar-refractivity contribution in [2.45, 2.75) is 31.7 Å². The number of hydrogen-bond acceptors (Lipinski definition) is 2. The Bertz CT molecular complexity index is 612. The zero-order valence-corrected chi connectivity index (χ0v) is 11.9. The van der Waals surface area contributed by atoms with Crippen LogP contribution in [0.4, 0.5) is 0 Å². The summed E-state index contributed by atoms with van der Waals surface area (Å²) in [7, 11) is 0. The molecule has 1 aromatic rings. The molecule has 1 amide bonds. The van der Waals surface area contributed by atoms with Crippen LogP contribution in [0.15, 0.2) is 24.3 Å². The molecule has 4 rings (SSSR count). The molecular formula is C17H19NO3. The number of carboxylic acids is 1. The fourth-order valence-corrected chi connectivity index (χ4v) is 4.79. The molecule has 1 heterocycles. The van der Waals surface area contributed by atoms with Gasteiger partial charge in [-0.05, 0) is 49.1 Å². The number of nitrogens with zero attached hydrogens (tertiary/aromatic N) is 1. The van der Waals surface area contributed by atoms with Crippen molar-refractivity contribution in [3.05, 3.63) is 35.4 Å². The number of carboxylic acid groups (broad SMARTS) is 1. The van der Waals surface area contributed by atoms with Gasteiger partial charge in [0.2, 0.25) is 0 Å². The van der Waals surface area contributed by atoms with Gasteiger partial charge < -0.3 is 10.0 Å². The Balaban J connectivity index is 1.68. The molecule has 0 aromatic heterocycles. The molecule has 1 aromatic carbocycles. The Kier molecular flexibility index (Phi) is 2.81. The minimum Gasteiger partial charge on any atom is -0.481 e. The monoisotopic (exact) mass is 285 g/mol. The smallest absolute Gasteiger partial charge is 0.308 e. The standard InChI is InChI=1S/C17H19NO3/c19-16-13-4-2-1-3-10(13)7-8-18(16)15-12-6-5-11(9-12)14(15)17(20)21/h1-4,11-12,14-15H,5-9H2,(H,20,21). The Hall–Kier alpha value is -1.84. The molecule has 3 aliphatic rings. The highest BCUT2D eigenvalue weighted by Crippen LogP contribution is 2.51. The van der Waals surface area contributed by atoms with Gasteiger partial charge in [-0.25, -0.2) is 0 Å². The van der Waals surface area contributed by atoms with Crippen LogP contribution in [-0.4, -0.2) is 34.5 Å². The number of hydrogen-bond donors (Lipinski definition) is 1. The van der Waals surface area contributed by atoms with Crippen molar-refractivity contribution in [1.29, 1.82) is 0 Å². The number of fused-ring (bicyclic) bond motifs is 3. The number of carbonyl (C=O) groups is 2. The first kappa shape index (κ1) is 12.9. The van der Waals surface area contributed by atoms with E-state index in [0.29, 0.717) is 12.5 Å². The molecule has 4 atom stereocenters. The third kappa shape index (κ3) is 1.81. The first-order valence-electron chi connectivity index (χ1n) is 7.78. The third-order valence-corrected chi connectivity index (χ3v) is 5.65. The topological polar surface area (TPSA) is 57.6 Å². The van der Waals surface area contributed by atoms with Crippen LogP contribution in [0.1, 0.15) is 35.2 Å². The highest BCUT2D eigenvalue weighted by Gasteiger charge is 2.54. The van der Waals surface area contributed by atoms with E-state index in [1.165, 1.54) is 0 Å². The van der Waals surface area contributed by atoms with E-state index in [2.05, 4.69) is 0 Å². The van der Waals surface area contributed by atoms with Gasteiger partial charge in [0.15, 0.2) is 0 Å². The summed E-state index contributed by atoms with van der Waals surface area (Å²) in [6, 6.07) is 7.61. The molecule has 4 heteroatoms. The molecule has 21 heavy (non-hydrogen) atoms. The molecule has 2 saturated carbocycles. The van der Waals surface area contributed by atoms with Gasteiger partial charge in [-0.2, -0.15) is 0 Å². The highest BCUT2D eigenvalue weighted by molar-refractivity contribution is 5.97. The van der Waals surface area contributed by atoms with Crippen molar-refractivity contribution in [1.82, 2.24) is 4.90 Å². The van der Waals surface area contributed by atoms with Gasteiger partial charge in [0.25, 0.3) is 5.91 Å². The Morgan fingerprint density at radius 2 is 1.95 bits per heavy atom. The Morgan fingerprint density at radius 3 is 2.76 bits per heavy atom. The summed E-state index contributed by atoms with van der Waals surface area (Å²) in [4.78, 5) is 26.3. The summed E-state index contributed by atoms with van der Waals surface area (Å²) in [6.45, 7) is 0.660. The molecule has 2 aliphatic carbocycles. The zero-order chi connectivity index (χ0) is 14.6. The van der Waals surface area contributed by atoms with Crippen LogP contribution < -0.4 is 0 Å². The van der Waals surface area contributed by atoms with Crippen molar-refractivity contribution in [2.75, 3.05) is 6.54 Å². The summed E-state index contributed by atoms with van der Waals surface area (Å²) in [5.74, 6) is -0.412. The van der Waals surface area contributed by atoms with Crippen molar-refractivity contribution in [2.24, 2.45) is 17.8 Å². The SMILES string of the molecule is O=C(O)C1C2CCC(C2)C1N1CCc2ccccc2C1=O. The molecule has 1 aliphatic heterocycles. The lowest BCUT2D eigenvalue weighted by Gasteiger charge is -2.40. The Morgan fingerprint density at radius 1 is 1.19 bits per heavy atom. The van der Waals surface area contributed by atoms with Crippen LogP contribution in [-0.2, 0) is 11.2 Å². The maximum absolute atomic E-state index is 12.8. The lowest BCUT2D eigenvalue weighted by Crippen LogP contribution is -2.52. The molecule has 4 unspecified atom stereocenters. The van der Waals surface area contributed by atoms with Crippen LogP contribution in [0.25, 0.3) is 0 Å². The fourth-order valence-electron chi connectivity index (χ4n) is 4.79. The maximum Gasteiger partial charge on any atom is 0.308 e. The van der Waals surface area contributed by atoms with Crippen LogP contribution in [0.3, 0.4) is 0 Å². The number of amides is 1. The second kappa shape index (κ2) is 4.58. The van der Waals surface area contributed by atoms with E-state index in [1.54, 1.807) is 0 Å². The maximum atomic E-state index is 12.8. The summed E-state index contributed by atoms with van der Waals surface area (Å²) < 4.78 is 0. The van der Waals surface area contributed by atoms with Crippen molar-refractivity contribution in [3.8, 4) is 0 Å². The fraction of sp³-hybridized carbons (Fsp3) is 0.529. The van der Waals surface area contributed by atoms with Crippen LogP contribution in [0.2, 0.25) is 0 Å². The summed E-state index contributed by atoms with van der Waals surface area (Å²) >= 11 is 0. The van der Waals surface area contributed by atoms with E-state index in [0.717, 1.165) is 36.8 Å². The van der Waals surface area contributed by atoms with E-state index >= 15 is 0 Å². The minimum absolute atomic E-state index is 0.0284. The summed E-state index contributed by atoms with van der Waals surface area (Å²) in [5.41, 5.74) is 1.85. The normalized spacial score (nSPS) is 34.1. The van der Waals surface area contributed by atoms with Crippen LogP contribution in [0.5, 0.6) is 0 Å². The lowest BCUT2D eigenvalue weighted by atomic mass is 9.82. The predicted molar refractivity (Wildman–Crippen MR) is 76.9 cm³/mol. The highest BCUT2D eigenvalue weighted by atomic mass is 16.4. The van der Waals surface area contributed by atoms with E-state index in [-0.39, 0.29) is 23.8 Å². The zero-order valence-electron chi connectivity index (χ0n) is 11.9. The van der Waals surface area contributed by atoms with E-state index in [1.807, 2.05) is 29.2 Å². The van der Waals surface area contributed by atoms with E-state index in [9.17, 15) is 14.7 Å². The molecule has 1 N–H and O–H groups in total. The molecule has 0 radical (unpaired) electrons. The van der Waals surface area contributed by atoms with Gasteiger partial charge in [0.05, 0.1) is 5.92 Å². The molecule has 2 bridgehead atoms. The first-order chi connectivity index (χ1) is 10.2. The first-order valence-corrected chi connectivity index (χ1v) is 7.78. The predicted octanol–water partition coefficient (Wildman–Crippen LogP) is 2.18. The average molecular weight is 285 g/mol. The molecule has 110 valence electrons. The average Bonchev–Trinajstić information content (AvgIpc) is 3.08. The summed E-state index contributed by atoms with van der Waals surface area (Å²) in [5, 5.41) is 9.58. The quantitative estimate of drug-likeness (QED) is 0.906. The number of carbonyl (C=O) groups excluding carboxylic acids is 1. The second-order valence-corrected chi connectivity index (χ2v) is 6.59. The number of rotatable bonds is 2. The Labute approximate surface area is 123 Å². The van der Waals surface area contributed by atoms with Crippen molar-refractivity contribution in [3.63, 3.8) is 0 Å². The molecule has 4 nitrogen and oxygen atoms in total. The number of benzene rings is 1.